The number of hydrogen-bond acceptors (Lipinski definition) is 2. The minimum absolute atomic E-state index is 0.370. The molecule has 0 aromatic carbocycles. The normalized spacial score (nSPS) is 11.4. The first-order valence-electron chi connectivity index (χ1n) is 4.18. The van der Waals surface area contributed by atoms with Gasteiger partial charge in [0.15, 0.2) is 10.4 Å². The molecule has 0 spiro atoms. The van der Waals surface area contributed by atoms with E-state index < -0.39 is 0 Å². The van der Waals surface area contributed by atoms with Crippen LogP contribution in [0.5, 0.6) is 0 Å². The monoisotopic (exact) mass is 239 g/mol. The Morgan fingerprint density at radius 2 is 2.23 bits per heavy atom. The zero-order valence-corrected chi connectivity index (χ0v) is 9.12. The zero-order chi connectivity index (χ0) is 9.42. The van der Waals surface area contributed by atoms with E-state index in [4.69, 9.17) is 0 Å². The Kier molecular flexibility index (Phi) is 2.07. The maximum atomic E-state index is 4.35. The van der Waals surface area contributed by atoms with E-state index in [9.17, 15) is 0 Å². The Bertz CT molecular complexity index is 433. The summed E-state index contributed by atoms with van der Waals surface area (Å²) in [6.07, 6.45) is 1.79. The summed E-state index contributed by atoms with van der Waals surface area (Å²) in [6.45, 7) is 4.22. The van der Waals surface area contributed by atoms with Crippen molar-refractivity contribution in [1.29, 1.82) is 0 Å². The Hall–Kier alpha value is -0.900. The van der Waals surface area contributed by atoms with Crippen molar-refractivity contribution < 1.29 is 0 Å². The van der Waals surface area contributed by atoms with Crippen LogP contribution in [0.2, 0.25) is 0 Å². The lowest BCUT2D eigenvalue weighted by atomic mass is 10.4. The highest BCUT2D eigenvalue weighted by molar-refractivity contribution is 9.10. The molecule has 3 nitrogen and oxygen atoms in total. The number of pyridine rings is 1. The molecule has 0 aliphatic carbocycles. The summed E-state index contributed by atoms with van der Waals surface area (Å²) in [4.78, 5) is 8.65. The molecule has 2 rings (SSSR count). The number of fused-ring (bicyclic) bond motifs is 1. The summed E-state index contributed by atoms with van der Waals surface area (Å²) < 4.78 is 2.91. The van der Waals surface area contributed by atoms with Crippen molar-refractivity contribution in [2.24, 2.45) is 0 Å². The molecule has 13 heavy (non-hydrogen) atoms. The maximum Gasteiger partial charge on any atom is 0.179 e. The third-order valence-corrected chi connectivity index (χ3v) is 2.48. The summed E-state index contributed by atoms with van der Waals surface area (Å²) in [6, 6.07) is 4.23. The molecule has 2 aromatic heterocycles. The average Bonchev–Trinajstić information content (AvgIpc) is 2.39. The van der Waals surface area contributed by atoms with Crippen LogP contribution in [0.25, 0.3) is 11.2 Å². The molecule has 0 radical (unpaired) electrons. The topological polar surface area (TPSA) is 30.7 Å². The van der Waals surface area contributed by atoms with Crippen LogP contribution in [0.3, 0.4) is 0 Å². The molecule has 0 unspecified atom stereocenters. The van der Waals surface area contributed by atoms with Gasteiger partial charge in [-0.3, -0.25) is 0 Å². The van der Waals surface area contributed by atoms with Crippen LogP contribution < -0.4 is 0 Å². The lowest BCUT2D eigenvalue weighted by Gasteiger charge is -2.07. The van der Waals surface area contributed by atoms with Gasteiger partial charge in [0.1, 0.15) is 5.52 Å². The lowest BCUT2D eigenvalue weighted by molar-refractivity contribution is 0.600. The molecule has 4 heteroatoms. The predicted molar refractivity (Wildman–Crippen MR) is 55.6 cm³/mol. The van der Waals surface area contributed by atoms with E-state index in [2.05, 4.69) is 44.3 Å². The van der Waals surface area contributed by atoms with Gasteiger partial charge in [0.2, 0.25) is 0 Å². The van der Waals surface area contributed by atoms with Gasteiger partial charge in [-0.2, -0.15) is 0 Å². The van der Waals surface area contributed by atoms with Gasteiger partial charge in [-0.15, -0.1) is 0 Å². The van der Waals surface area contributed by atoms with Gasteiger partial charge in [-0.1, -0.05) is 0 Å². The number of imidazole rings is 1. The summed E-state index contributed by atoms with van der Waals surface area (Å²) in [5.41, 5.74) is 1.87. The van der Waals surface area contributed by atoms with Crippen molar-refractivity contribution in [3.8, 4) is 0 Å². The summed E-state index contributed by atoms with van der Waals surface area (Å²) >= 11 is 3.42. The minimum Gasteiger partial charge on any atom is -0.301 e. The van der Waals surface area contributed by atoms with E-state index in [0.717, 1.165) is 15.9 Å². The van der Waals surface area contributed by atoms with Gasteiger partial charge < -0.3 is 4.57 Å². The zero-order valence-electron chi connectivity index (χ0n) is 7.53. The highest BCUT2D eigenvalue weighted by Crippen LogP contribution is 2.22. The van der Waals surface area contributed by atoms with E-state index in [-0.39, 0.29) is 0 Å². The SMILES string of the molecule is CC(C)n1c(Br)nc2cccnc21. The first-order valence-corrected chi connectivity index (χ1v) is 4.98. The van der Waals surface area contributed by atoms with Crippen molar-refractivity contribution >= 4 is 27.1 Å². The van der Waals surface area contributed by atoms with Gasteiger partial charge in [-0.25, -0.2) is 9.97 Å². The number of aromatic nitrogens is 3. The highest BCUT2D eigenvalue weighted by Gasteiger charge is 2.10. The molecule has 0 bridgehead atoms. The van der Waals surface area contributed by atoms with Crippen LogP contribution in [-0.4, -0.2) is 14.5 Å². The number of hydrogen-bond donors (Lipinski definition) is 0. The lowest BCUT2D eigenvalue weighted by Crippen LogP contribution is -2.01. The van der Waals surface area contributed by atoms with Gasteiger partial charge >= 0.3 is 0 Å². The minimum atomic E-state index is 0.370. The smallest absolute Gasteiger partial charge is 0.179 e. The quantitative estimate of drug-likeness (QED) is 0.767. The number of rotatable bonds is 1. The second-order valence-corrected chi connectivity index (χ2v) is 3.90. The van der Waals surface area contributed by atoms with Crippen molar-refractivity contribution in [3.05, 3.63) is 23.1 Å². The third kappa shape index (κ3) is 1.35. The molecule has 2 aromatic rings. The molecule has 0 N–H and O–H groups in total. The predicted octanol–water partition coefficient (Wildman–Crippen LogP) is 2.77. The standard InChI is InChI=1S/C9H10BrN3/c1-6(2)13-8-7(12-9(13)10)4-3-5-11-8/h3-6H,1-2H3. The number of nitrogens with zero attached hydrogens (tertiary/aromatic N) is 3. The second kappa shape index (κ2) is 3.10. The van der Waals surface area contributed by atoms with E-state index in [0.29, 0.717) is 6.04 Å². The Labute approximate surface area is 84.9 Å². The van der Waals surface area contributed by atoms with Crippen molar-refractivity contribution in [3.63, 3.8) is 0 Å². The molecule has 0 aliphatic rings. The molecule has 0 amide bonds. The van der Waals surface area contributed by atoms with Crippen molar-refractivity contribution in [1.82, 2.24) is 14.5 Å². The second-order valence-electron chi connectivity index (χ2n) is 3.19. The molecule has 0 saturated heterocycles. The van der Waals surface area contributed by atoms with Crippen LogP contribution in [-0.2, 0) is 0 Å². The van der Waals surface area contributed by atoms with Crippen LogP contribution in [0.15, 0.2) is 23.1 Å². The average molecular weight is 240 g/mol. The first-order chi connectivity index (χ1) is 6.20. The molecular formula is C9H10BrN3. The fourth-order valence-corrected chi connectivity index (χ4v) is 2.13. The maximum absolute atomic E-state index is 4.35. The van der Waals surface area contributed by atoms with Crippen LogP contribution in [0.4, 0.5) is 0 Å². The summed E-state index contributed by atoms with van der Waals surface area (Å²) in [5, 5.41) is 0. The third-order valence-electron chi connectivity index (χ3n) is 1.92. The summed E-state index contributed by atoms with van der Waals surface area (Å²) in [5.74, 6) is 0. The van der Waals surface area contributed by atoms with E-state index >= 15 is 0 Å². The van der Waals surface area contributed by atoms with Crippen LogP contribution in [0, 0.1) is 0 Å². The highest BCUT2D eigenvalue weighted by atomic mass is 79.9. The molecule has 68 valence electrons. The largest absolute Gasteiger partial charge is 0.301 e. The summed E-state index contributed by atoms with van der Waals surface area (Å²) in [7, 11) is 0. The van der Waals surface area contributed by atoms with Crippen LogP contribution in [0.1, 0.15) is 19.9 Å². The first kappa shape index (κ1) is 8.69. The van der Waals surface area contributed by atoms with Crippen molar-refractivity contribution in [2.75, 3.05) is 0 Å². The molecular weight excluding hydrogens is 230 g/mol. The fourth-order valence-electron chi connectivity index (χ4n) is 1.36. The van der Waals surface area contributed by atoms with Gasteiger partial charge in [0.05, 0.1) is 0 Å². The van der Waals surface area contributed by atoms with Crippen LogP contribution >= 0.6 is 15.9 Å². The Morgan fingerprint density at radius 3 is 2.92 bits per heavy atom. The molecule has 0 atom stereocenters. The van der Waals surface area contributed by atoms with E-state index in [1.807, 2.05) is 12.1 Å². The van der Waals surface area contributed by atoms with Gasteiger partial charge in [-0.05, 0) is 41.9 Å². The van der Waals surface area contributed by atoms with Crippen molar-refractivity contribution in [2.45, 2.75) is 19.9 Å². The van der Waals surface area contributed by atoms with E-state index in [1.54, 1.807) is 6.20 Å². The fraction of sp³-hybridized carbons (Fsp3) is 0.333. The molecule has 2 heterocycles. The molecule has 0 saturated carbocycles. The molecule has 0 aliphatic heterocycles. The molecule has 0 fully saturated rings. The van der Waals surface area contributed by atoms with E-state index in [1.165, 1.54) is 0 Å². The van der Waals surface area contributed by atoms with Gasteiger partial charge in [0.25, 0.3) is 0 Å². The Balaban J connectivity index is 2.78. The number of halogens is 1. The Morgan fingerprint density at radius 1 is 1.46 bits per heavy atom. The van der Waals surface area contributed by atoms with Gasteiger partial charge in [0, 0.05) is 12.2 Å².